The normalized spacial score (nSPS) is 10.2. The average molecular weight is 287 g/mol. The molecule has 0 unspecified atom stereocenters. The highest BCUT2D eigenvalue weighted by Gasteiger charge is 2.16. The van der Waals surface area contributed by atoms with Crippen molar-refractivity contribution in [2.45, 2.75) is 6.92 Å². The van der Waals surface area contributed by atoms with Gasteiger partial charge in [0.25, 0.3) is 0 Å². The summed E-state index contributed by atoms with van der Waals surface area (Å²) < 4.78 is 18.5. The lowest BCUT2D eigenvalue weighted by atomic mass is 10.1. The van der Waals surface area contributed by atoms with E-state index in [2.05, 4.69) is 0 Å². The number of nitrogens with zero attached hydrogens (tertiary/aromatic N) is 1. The van der Waals surface area contributed by atoms with Crippen molar-refractivity contribution in [3.63, 3.8) is 0 Å². The molecule has 0 heterocycles. The highest BCUT2D eigenvalue weighted by molar-refractivity contribution is 6.01. The van der Waals surface area contributed by atoms with Crippen LogP contribution in [0.3, 0.4) is 0 Å². The SMILES string of the molecule is CCN(CC(=O)c1cc(F)ccc1OC)c1ccccc1. The van der Waals surface area contributed by atoms with E-state index >= 15 is 0 Å². The maximum atomic E-state index is 13.4. The fraction of sp³-hybridized carbons (Fsp3) is 0.235. The van der Waals surface area contributed by atoms with Gasteiger partial charge >= 0.3 is 0 Å². The van der Waals surface area contributed by atoms with Crippen LogP contribution in [0.2, 0.25) is 0 Å². The van der Waals surface area contributed by atoms with Crippen LogP contribution >= 0.6 is 0 Å². The summed E-state index contributed by atoms with van der Waals surface area (Å²) in [7, 11) is 1.47. The number of methoxy groups -OCH3 is 1. The summed E-state index contributed by atoms with van der Waals surface area (Å²) >= 11 is 0. The number of hydrogen-bond acceptors (Lipinski definition) is 3. The Balaban J connectivity index is 2.22. The van der Waals surface area contributed by atoms with Crippen molar-refractivity contribution in [3.8, 4) is 5.75 Å². The number of Topliss-reactive ketones (excluding diaryl/α,β-unsaturated/α-hetero) is 1. The Kier molecular flexibility index (Phi) is 4.93. The molecular formula is C17H18FNO2. The van der Waals surface area contributed by atoms with Crippen LogP contribution in [0.15, 0.2) is 48.5 Å². The van der Waals surface area contributed by atoms with Crippen molar-refractivity contribution >= 4 is 11.5 Å². The number of ketones is 1. The molecule has 0 aliphatic carbocycles. The summed E-state index contributed by atoms with van der Waals surface area (Å²) in [6, 6.07) is 13.6. The number of rotatable bonds is 6. The molecule has 0 radical (unpaired) electrons. The molecule has 2 rings (SSSR count). The van der Waals surface area contributed by atoms with E-state index in [0.29, 0.717) is 12.3 Å². The summed E-state index contributed by atoms with van der Waals surface area (Å²) in [5.41, 5.74) is 1.23. The second-order valence-corrected chi connectivity index (χ2v) is 4.62. The molecule has 0 aliphatic rings. The number of benzene rings is 2. The van der Waals surface area contributed by atoms with E-state index in [0.717, 1.165) is 5.69 Å². The monoisotopic (exact) mass is 287 g/mol. The van der Waals surface area contributed by atoms with Gasteiger partial charge in [-0.05, 0) is 37.3 Å². The Hall–Kier alpha value is -2.36. The fourth-order valence-corrected chi connectivity index (χ4v) is 2.18. The lowest BCUT2D eigenvalue weighted by Gasteiger charge is -2.22. The van der Waals surface area contributed by atoms with Gasteiger partial charge < -0.3 is 9.64 Å². The predicted molar refractivity (Wildman–Crippen MR) is 81.6 cm³/mol. The molecule has 0 spiro atoms. The van der Waals surface area contributed by atoms with Crippen molar-refractivity contribution in [1.82, 2.24) is 0 Å². The van der Waals surface area contributed by atoms with Crippen LogP contribution in [0.1, 0.15) is 17.3 Å². The summed E-state index contributed by atoms with van der Waals surface area (Å²) in [5.74, 6) is -0.218. The van der Waals surface area contributed by atoms with Gasteiger partial charge in [-0.25, -0.2) is 4.39 Å². The van der Waals surface area contributed by atoms with Gasteiger partial charge in [-0.2, -0.15) is 0 Å². The highest BCUT2D eigenvalue weighted by atomic mass is 19.1. The molecule has 0 saturated heterocycles. The third kappa shape index (κ3) is 3.60. The van der Waals surface area contributed by atoms with Gasteiger partial charge in [0.1, 0.15) is 11.6 Å². The van der Waals surface area contributed by atoms with E-state index < -0.39 is 5.82 Å². The third-order valence-electron chi connectivity index (χ3n) is 3.30. The molecule has 0 atom stereocenters. The van der Waals surface area contributed by atoms with E-state index in [9.17, 15) is 9.18 Å². The number of anilines is 1. The largest absolute Gasteiger partial charge is 0.496 e. The first-order valence-corrected chi connectivity index (χ1v) is 6.82. The first-order valence-electron chi connectivity index (χ1n) is 6.82. The summed E-state index contributed by atoms with van der Waals surface area (Å²) in [5, 5.41) is 0. The van der Waals surface area contributed by atoms with Gasteiger partial charge in [0.15, 0.2) is 5.78 Å². The maximum absolute atomic E-state index is 13.4. The zero-order chi connectivity index (χ0) is 15.2. The summed E-state index contributed by atoms with van der Waals surface area (Å²) in [6.45, 7) is 2.84. The molecule has 2 aromatic carbocycles. The molecule has 3 nitrogen and oxygen atoms in total. The van der Waals surface area contributed by atoms with Crippen molar-refractivity contribution in [1.29, 1.82) is 0 Å². The molecule has 2 aromatic rings. The lowest BCUT2D eigenvalue weighted by molar-refractivity contribution is 0.0996. The number of carbonyl (C=O) groups is 1. The van der Waals surface area contributed by atoms with Crippen molar-refractivity contribution < 1.29 is 13.9 Å². The zero-order valence-corrected chi connectivity index (χ0v) is 12.2. The molecule has 0 aromatic heterocycles. The fourth-order valence-electron chi connectivity index (χ4n) is 2.18. The van der Waals surface area contributed by atoms with Crippen LogP contribution < -0.4 is 9.64 Å². The quantitative estimate of drug-likeness (QED) is 0.761. The molecule has 21 heavy (non-hydrogen) atoms. The number of ether oxygens (including phenoxy) is 1. The van der Waals surface area contributed by atoms with Crippen LogP contribution in [-0.4, -0.2) is 26.0 Å². The molecular weight excluding hydrogens is 269 g/mol. The molecule has 0 aliphatic heterocycles. The van der Waals surface area contributed by atoms with Crippen LogP contribution in [0, 0.1) is 5.82 Å². The van der Waals surface area contributed by atoms with Crippen LogP contribution in [0.5, 0.6) is 5.75 Å². The van der Waals surface area contributed by atoms with Crippen molar-refractivity contribution in [3.05, 3.63) is 59.9 Å². The van der Waals surface area contributed by atoms with Gasteiger partial charge in [0.2, 0.25) is 0 Å². The van der Waals surface area contributed by atoms with E-state index in [-0.39, 0.29) is 17.9 Å². The third-order valence-corrected chi connectivity index (χ3v) is 3.30. The number of para-hydroxylation sites is 1. The zero-order valence-electron chi connectivity index (χ0n) is 12.2. The van der Waals surface area contributed by atoms with Gasteiger partial charge in [-0.15, -0.1) is 0 Å². The van der Waals surface area contributed by atoms with Gasteiger partial charge in [0, 0.05) is 12.2 Å². The first-order chi connectivity index (χ1) is 10.2. The van der Waals surface area contributed by atoms with Crippen molar-refractivity contribution in [2.24, 2.45) is 0 Å². The molecule has 0 amide bonds. The maximum Gasteiger partial charge on any atom is 0.185 e. The minimum atomic E-state index is -0.443. The molecule has 0 bridgehead atoms. The predicted octanol–water partition coefficient (Wildman–Crippen LogP) is 3.54. The molecule has 0 N–H and O–H groups in total. The summed E-state index contributed by atoms with van der Waals surface area (Å²) in [4.78, 5) is 14.4. The average Bonchev–Trinajstić information content (AvgIpc) is 2.53. The Labute approximate surface area is 124 Å². The van der Waals surface area contributed by atoms with Gasteiger partial charge in [-0.1, -0.05) is 18.2 Å². The minimum Gasteiger partial charge on any atom is -0.496 e. The Bertz CT molecular complexity index is 613. The second-order valence-electron chi connectivity index (χ2n) is 4.62. The van der Waals surface area contributed by atoms with Crippen LogP contribution in [-0.2, 0) is 0 Å². The van der Waals surface area contributed by atoms with Crippen LogP contribution in [0.25, 0.3) is 0 Å². The Morgan fingerprint density at radius 2 is 1.90 bits per heavy atom. The topological polar surface area (TPSA) is 29.5 Å². The van der Waals surface area contributed by atoms with Crippen LogP contribution in [0.4, 0.5) is 10.1 Å². The van der Waals surface area contributed by atoms with E-state index in [1.54, 1.807) is 0 Å². The van der Waals surface area contributed by atoms with Gasteiger partial charge in [0.05, 0.1) is 19.2 Å². The second kappa shape index (κ2) is 6.88. The van der Waals surface area contributed by atoms with Crippen molar-refractivity contribution in [2.75, 3.05) is 25.1 Å². The molecule has 4 heteroatoms. The molecule has 110 valence electrons. The Morgan fingerprint density at radius 1 is 1.19 bits per heavy atom. The van der Waals surface area contributed by atoms with Gasteiger partial charge in [-0.3, -0.25) is 4.79 Å². The molecule has 0 saturated carbocycles. The molecule has 0 fully saturated rings. The lowest BCUT2D eigenvalue weighted by Crippen LogP contribution is -2.29. The first kappa shape index (κ1) is 15.0. The summed E-state index contributed by atoms with van der Waals surface area (Å²) in [6.07, 6.45) is 0. The Morgan fingerprint density at radius 3 is 2.52 bits per heavy atom. The number of halogens is 1. The highest BCUT2D eigenvalue weighted by Crippen LogP contribution is 2.21. The standard InChI is InChI=1S/C17H18FNO2/c1-3-19(14-7-5-4-6-8-14)12-16(20)15-11-13(18)9-10-17(15)21-2/h4-11H,3,12H2,1-2H3. The smallest absolute Gasteiger partial charge is 0.185 e. The number of carbonyl (C=O) groups excluding carboxylic acids is 1. The number of likely N-dealkylation sites (N-methyl/N-ethyl adjacent to an activating group) is 1. The van der Waals surface area contributed by atoms with E-state index in [4.69, 9.17) is 4.74 Å². The number of hydrogen-bond donors (Lipinski definition) is 0. The van der Waals surface area contributed by atoms with E-state index in [1.807, 2.05) is 42.2 Å². The minimum absolute atomic E-state index is 0.169. The van der Waals surface area contributed by atoms with E-state index in [1.165, 1.54) is 25.3 Å².